The Labute approximate surface area is 517 Å². The molecule has 0 atom stereocenters. The summed E-state index contributed by atoms with van der Waals surface area (Å²) in [6, 6.07) is 33.5. The molecule has 0 amide bonds. The van der Waals surface area contributed by atoms with E-state index in [2.05, 4.69) is 263 Å². The first kappa shape index (κ1) is 64.2. The van der Waals surface area contributed by atoms with Gasteiger partial charge in [0.2, 0.25) is 0 Å². The van der Waals surface area contributed by atoms with E-state index in [9.17, 15) is 20.4 Å². The number of aromatic nitrogens is 4. The van der Waals surface area contributed by atoms with Crippen molar-refractivity contribution in [2.45, 2.75) is 209 Å². The largest absolute Gasteiger partial charge is 4.00 e. The number of aromatic hydroxyl groups is 4. The molecule has 4 aromatic heterocycles. The third kappa shape index (κ3) is 12.2. The van der Waals surface area contributed by atoms with Crippen molar-refractivity contribution >= 4 is 22.3 Å². The van der Waals surface area contributed by atoms with Gasteiger partial charge in [-0.15, -0.1) is 44.2 Å². The van der Waals surface area contributed by atoms with Crippen LogP contribution in [0.4, 0.5) is 0 Å². The van der Waals surface area contributed by atoms with Crippen molar-refractivity contribution in [1.82, 2.24) is 19.9 Å². The molecule has 0 fully saturated rings. The molecule has 4 N–H and O–H groups in total. The molecular weight excluding hydrogens is 1090 g/mol. The average molecular weight is 1180 g/mol. The van der Waals surface area contributed by atoms with Crippen LogP contribution in [0.3, 0.4) is 0 Å². The second-order valence-electron chi connectivity index (χ2n) is 32.0. The Morgan fingerprint density at radius 3 is 0.494 bits per heavy atom. The molecule has 0 saturated heterocycles. The van der Waals surface area contributed by atoms with E-state index < -0.39 is 43.3 Å². The first-order valence-corrected chi connectivity index (χ1v) is 29.9. The van der Waals surface area contributed by atoms with Crippen molar-refractivity contribution < 1.29 is 37.5 Å². The van der Waals surface area contributed by atoms with Gasteiger partial charge in [-0.25, -0.2) is 0 Å². The van der Waals surface area contributed by atoms with Crippen LogP contribution < -0.4 is 41.3 Å². The number of nitrogens with zero attached hydrogens (tertiary/aromatic N) is 4. The van der Waals surface area contributed by atoms with Gasteiger partial charge in [0.1, 0.15) is 23.0 Å². The Morgan fingerprint density at radius 2 is 0.365 bits per heavy atom. The molecule has 0 radical (unpaired) electrons. The summed E-state index contributed by atoms with van der Waals surface area (Å²) in [5.74, 6) is 1.12. The third-order valence-electron chi connectivity index (χ3n) is 16.7. The predicted octanol–water partition coefficient (Wildman–Crippen LogP) is 14.0. The number of hydrogen-bond acceptors (Lipinski definition) is 4. The van der Waals surface area contributed by atoms with Gasteiger partial charge < -0.3 is 40.4 Å². The molecule has 5 heterocycles. The van der Waals surface area contributed by atoms with Crippen LogP contribution in [0.1, 0.15) is 256 Å². The summed E-state index contributed by atoms with van der Waals surface area (Å²) < 4.78 is 0. The molecule has 4 aromatic carbocycles. The summed E-state index contributed by atoms with van der Waals surface area (Å²) in [5, 5.41) is 51.6. The summed E-state index contributed by atoms with van der Waals surface area (Å²) in [6.07, 6.45) is 0. The van der Waals surface area contributed by atoms with Crippen LogP contribution in [-0.2, 0) is 60.4 Å². The zero-order valence-electron chi connectivity index (χ0n) is 55.2. The zero-order chi connectivity index (χ0) is 62.3. The van der Waals surface area contributed by atoms with Crippen LogP contribution in [0.2, 0.25) is 0 Å². The van der Waals surface area contributed by atoms with E-state index in [1.165, 1.54) is 0 Å². The molecule has 85 heavy (non-hydrogen) atoms. The number of fused-ring (bicyclic) bond motifs is 8. The number of phenolic OH excluding ortho intramolecular Hbond substituents is 4. The standard InChI is InChI=1S/C76H92N4O4.Fe/c1-69(2,3)45-33-41(34-46(65(45)81)70(4,5)6)61-53-25-27-55(77-53)62(42-35-47(71(7,8)9)66(82)48(36-42)72(10,11)12)57-29-31-59(79-57)64(44-39-51(75(19,20)21)68(84)52(40-44)76(22,23)24)60-32-30-58(80-60)63(56-28-26-54(61)78-56)43-37-49(73(13,14)15)67(83)50(38-43)74(16,17)18;/h25-40,81-84H,1-24H3;/q-4;+4/b61-53-,61-54?,62-55-,62-57?,63-56?,63-58-,64-59?,64-60-;. The van der Waals surface area contributed by atoms with Gasteiger partial charge in [0, 0.05) is 44.5 Å². The minimum atomic E-state index is -0.431. The van der Waals surface area contributed by atoms with Gasteiger partial charge in [-0.3, -0.25) is 0 Å². The number of rotatable bonds is 4. The van der Waals surface area contributed by atoms with Gasteiger partial charge in [-0.05, 0) is 136 Å². The molecular formula is C76H92FeN4O4. The Balaban J connectivity index is 0.00000940. The summed E-state index contributed by atoms with van der Waals surface area (Å²) in [7, 11) is 0. The van der Waals surface area contributed by atoms with Gasteiger partial charge in [-0.1, -0.05) is 215 Å². The monoisotopic (exact) mass is 1180 g/mol. The van der Waals surface area contributed by atoms with E-state index in [1.807, 2.05) is 0 Å². The minimum Gasteiger partial charge on any atom is -0.657 e. The normalized spacial score (nSPS) is 16.7. The fourth-order valence-corrected chi connectivity index (χ4v) is 12.0. The smallest absolute Gasteiger partial charge is 0.657 e. The van der Waals surface area contributed by atoms with Crippen molar-refractivity contribution in [2.75, 3.05) is 0 Å². The Kier molecular flexibility index (Phi) is 16.1. The van der Waals surface area contributed by atoms with Crippen molar-refractivity contribution in [3.63, 3.8) is 0 Å². The molecule has 8 bridgehead atoms. The topological polar surface area (TPSA) is 137 Å². The fraction of sp³-hybridized carbons (Fsp3) is 0.421. The first-order chi connectivity index (χ1) is 38.3. The van der Waals surface area contributed by atoms with Gasteiger partial charge in [-0.2, -0.15) is 0 Å². The van der Waals surface area contributed by atoms with Gasteiger partial charge in [0.25, 0.3) is 0 Å². The third-order valence-corrected chi connectivity index (χ3v) is 16.7. The van der Waals surface area contributed by atoms with E-state index in [0.29, 0.717) is 44.2 Å². The zero-order valence-corrected chi connectivity index (χ0v) is 56.3. The maximum Gasteiger partial charge on any atom is 4.00 e. The summed E-state index contributed by atoms with van der Waals surface area (Å²) in [5.41, 5.74) is 12.5. The summed E-state index contributed by atoms with van der Waals surface area (Å²) >= 11 is 0. The number of benzene rings is 4. The van der Waals surface area contributed by atoms with E-state index in [0.717, 1.165) is 89.1 Å². The van der Waals surface area contributed by atoms with Crippen molar-refractivity contribution in [3.8, 4) is 23.0 Å². The molecule has 9 heteroatoms. The summed E-state index contributed by atoms with van der Waals surface area (Å²) in [4.78, 5) is 22.9. The van der Waals surface area contributed by atoms with Gasteiger partial charge in [0.05, 0.1) is 0 Å². The number of phenols is 4. The van der Waals surface area contributed by atoms with Gasteiger partial charge >= 0.3 is 17.1 Å². The van der Waals surface area contributed by atoms with E-state index in [4.69, 9.17) is 19.9 Å². The molecule has 0 unspecified atom stereocenters. The molecule has 0 aliphatic carbocycles. The molecule has 0 spiro atoms. The molecule has 9 rings (SSSR count). The predicted molar refractivity (Wildman–Crippen MR) is 346 cm³/mol. The van der Waals surface area contributed by atoms with Crippen molar-refractivity contribution in [3.05, 3.63) is 208 Å². The molecule has 1 aliphatic rings. The van der Waals surface area contributed by atoms with Crippen LogP contribution in [0, 0.1) is 0 Å². The second-order valence-corrected chi connectivity index (χ2v) is 32.0. The van der Waals surface area contributed by atoms with E-state index in [-0.39, 0.29) is 40.1 Å². The van der Waals surface area contributed by atoms with Crippen molar-refractivity contribution in [1.29, 1.82) is 0 Å². The Bertz CT molecular complexity index is 3510. The minimum absolute atomic E-state index is 0. The molecule has 448 valence electrons. The second kappa shape index (κ2) is 21.3. The van der Waals surface area contributed by atoms with Gasteiger partial charge in [0.15, 0.2) is 0 Å². The summed E-state index contributed by atoms with van der Waals surface area (Å²) in [6.45, 7) is 51.2. The van der Waals surface area contributed by atoms with Crippen LogP contribution in [0.5, 0.6) is 23.0 Å². The Morgan fingerprint density at radius 1 is 0.224 bits per heavy atom. The number of hydrogen-bond donors (Lipinski definition) is 4. The van der Waals surface area contributed by atoms with Crippen LogP contribution in [-0.4, -0.2) is 20.4 Å². The molecule has 8 nitrogen and oxygen atoms in total. The van der Waals surface area contributed by atoms with Crippen molar-refractivity contribution in [2.24, 2.45) is 0 Å². The maximum atomic E-state index is 12.2. The van der Waals surface area contributed by atoms with Crippen LogP contribution in [0.25, 0.3) is 22.3 Å². The Hall–Kier alpha value is -6.80. The average Bonchev–Trinajstić information content (AvgIpc) is 2.63. The van der Waals surface area contributed by atoms with Crippen LogP contribution in [0.15, 0.2) is 97.1 Å². The molecule has 8 aromatic rings. The SMILES string of the molecule is CC(C)(C)c1cc(/C2=c3\cc/c([n-]3)=C(\c3cc(C(C)(C)C)c(O)c(C(C)(C)C)c3)c3ccc([n-]3)/C(c3cc(C(C)(C)C)c(O)c(C(C)(C)C)c3)=c3/cc/c([n-]3)=C(\c3cc(C(C)(C)C)c(O)c(C(C)(C)C)c3)c3ccc2[n-]3)cc(C(C)(C)C)c1O.[Fe+4]. The quantitative estimate of drug-likeness (QED) is 0.128. The van der Waals surface area contributed by atoms with Crippen LogP contribution >= 0.6 is 0 Å². The first-order valence-electron chi connectivity index (χ1n) is 29.9. The molecule has 0 saturated carbocycles. The molecule has 1 aliphatic heterocycles. The fourth-order valence-electron chi connectivity index (χ4n) is 12.0. The maximum absolute atomic E-state index is 12.2. The van der Waals surface area contributed by atoms with E-state index in [1.54, 1.807) is 0 Å². The van der Waals surface area contributed by atoms with E-state index >= 15 is 0 Å².